The van der Waals surface area contributed by atoms with Crippen LogP contribution in [0.4, 0.5) is 0 Å². The lowest BCUT2D eigenvalue weighted by Gasteiger charge is -2.39. The van der Waals surface area contributed by atoms with Crippen LogP contribution in [0.3, 0.4) is 0 Å². The molecule has 0 aromatic heterocycles. The number of amides is 1. The third kappa shape index (κ3) is 1.06. The van der Waals surface area contributed by atoms with Crippen molar-refractivity contribution in [3.8, 4) is 0 Å². The molecule has 1 N–H and O–H groups in total. The first-order chi connectivity index (χ1) is 6.63. The smallest absolute Gasteiger partial charge is 0.329 e. The van der Waals surface area contributed by atoms with Gasteiger partial charge in [-0.2, -0.15) is 0 Å². The third-order valence-electron chi connectivity index (χ3n) is 3.83. The number of carboxylic acid groups (broad SMARTS) is 1. The van der Waals surface area contributed by atoms with E-state index in [9.17, 15) is 14.7 Å². The zero-order valence-corrected chi connectivity index (χ0v) is 8.27. The summed E-state index contributed by atoms with van der Waals surface area (Å²) in [5, 5.41) is 9.29. The fraction of sp³-hybridized carbons (Fsp3) is 0.800. The number of carbonyl (C=O) groups is 2. The molecule has 1 amide bonds. The van der Waals surface area contributed by atoms with Gasteiger partial charge in [-0.3, -0.25) is 4.79 Å². The molecule has 0 radical (unpaired) electrons. The fourth-order valence-electron chi connectivity index (χ4n) is 2.92. The Balaban J connectivity index is 2.29. The van der Waals surface area contributed by atoms with Gasteiger partial charge in [-0.1, -0.05) is 6.42 Å². The molecule has 2 aliphatic rings. The second-order valence-electron chi connectivity index (χ2n) is 4.44. The molecule has 0 saturated heterocycles. The van der Waals surface area contributed by atoms with E-state index in [1.54, 1.807) is 7.05 Å². The first kappa shape index (κ1) is 9.49. The molecular weight excluding hydrogens is 182 g/mol. The van der Waals surface area contributed by atoms with E-state index in [4.69, 9.17) is 0 Å². The Bertz CT molecular complexity index is 279. The molecule has 0 aromatic carbocycles. The summed E-state index contributed by atoms with van der Waals surface area (Å²) in [6, 6.07) is 0. The third-order valence-corrected chi connectivity index (χ3v) is 3.83. The molecule has 2 rings (SSSR count). The Labute approximate surface area is 82.9 Å². The molecule has 78 valence electrons. The predicted molar refractivity (Wildman–Crippen MR) is 49.6 cm³/mol. The number of fused-ring (bicyclic) bond motifs is 1. The SMILES string of the molecule is CN(C=O)C1(C(=O)O)CCCC2CC21. The van der Waals surface area contributed by atoms with Crippen molar-refractivity contribution in [3.63, 3.8) is 0 Å². The molecule has 14 heavy (non-hydrogen) atoms. The number of hydrogen-bond acceptors (Lipinski definition) is 2. The van der Waals surface area contributed by atoms with Gasteiger partial charge in [0.1, 0.15) is 5.54 Å². The molecule has 0 spiro atoms. The van der Waals surface area contributed by atoms with Gasteiger partial charge in [0.2, 0.25) is 6.41 Å². The molecule has 0 aromatic rings. The molecular formula is C10H15NO3. The van der Waals surface area contributed by atoms with E-state index in [1.165, 1.54) is 4.90 Å². The minimum Gasteiger partial charge on any atom is -0.479 e. The number of carboxylic acids is 1. The van der Waals surface area contributed by atoms with E-state index in [0.29, 0.717) is 18.7 Å². The minimum atomic E-state index is -0.898. The highest BCUT2D eigenvalue weighted by Gasteiger charge is 2.61. The van der Waals surface area contributed by atoms with E-state index >= 15 is 0 Å². The summed E-state index contributed by atoms with van der Waals surface area (Å²) in [5.74, 6) is -0.0921. The number of carbonyl (C=O) groups excluding carboxylic acids is 1. The lowest BCUT2D eigenvalue weighted by Crippen LogP contribution is -2.55. The molecule has 4 heteroatoms. The zero-order valence-electron chi connectivity index (χ0n) is 8.27. The van der Waals surface area contributed by atoms with Gasteiger partial charge in [0.05, 0.1) is 0 Å². The largest absolute Gasteiger partial charge is 0.479 e. The van der Waals surface area contributed by atoms with Crippen molar-refractivity contribution in [1.82, 2.24) is 4.90 Å². The molecule has 0 bridgehead atoms. The van der Waals surface area contributed by atoms with Crippen LogP contribution in [0.15, 0.2) is 0 Å². The lowest BCUT2D eigenvalue weighted by atomic mass is 9.80. The second kappa shape index (κ2) is 2.97. The van der Waals surface area contributed by atoms with Crippen LogP contribution in [0.5, 0.6) is 0 Å². The molecule has 3 atom stereocenters. The fourth-order valence-corrected chi connectivity index (χ4v) is 2.92. The maximum absolute atomic E-state index is 11.3. The summed E-state index contributed by atoms with van der Waals surface area (Å²) >= 11 is 0. The Morgan fingerprint density at radius 2 is 2.36 bits per heavy atom. The van der Waals surface area contributed by atoms with Gasteiger partial charge in [0, 0.05) is 7.05 Å². The standard InChI is InChI=1S/C10H15NO3/c1-11(6-12)10(9(13)14)4-2-3-7-5-8(7)10/h6-8H,2-5H2,1H3,(H,13,14). The first-order valence-electron chi connectivity index (χ1n) is 5.04. The normalized spacial score (nSPS) is 39.8. The topological polar surface area (TPSA) is 57.6 Å². The van der Waals surface area contributed by atoms with Crippen LogP contribution >= 0.6 is 0 Å². The Morgan fingerprint density at radius 1 is 1.64 bits per heavy atom. The van der Waals surface area contributed by atoms with Gasteiger partial charge in [-0.25, -0.2) is 4.79 Å². The Hall–Kier alpha value is -1.06. The van der Waals surface area contributed by atoms with Crippen molar-refractivity contribution in [1.29, 1.82) is 0 Å². The van der Waals surface area contributed by atoms with Gasteiger partial charge in [-0.05, 0) is 31.1 Å². The Kier molecular flexibility index (Phi) is 2.01. The Morgan fingerprint density at radius 3 is 2.93 bits per heavy atom. The van der Waals surface area contributed by atoms with Crippen molar-refractivity contribution >= 4 is 12.4 Å². The van der Waals surface area contributed by atoms with Crippen LogP contribution in [0.2, 0.25) is 0 Å². The summed E-state index contributed by atoms with van der Waals surface area (Å²) in [6.45, 7) is 0. The van der Waals surface area contributed by atoms with Crippen LogP contribution < -0.4 is 0 Å². The van der Waals surface area contributed by atoms with Crippen molar-refractivity contribution in [3.05, 3.63) is 0 Å². The van der Waals surface area contributed by atoms with Gasteiger partial charge >= 0.3 is 5.97 Å². The molecule has 0 heterocycles. The summed E-state index contributed by atoms with van der Waals surface area (Å²) in [5.41, 5.74) is -0.898. The van der Waals surface area contributed by atoms with E-state index in [-0.39, 0.29) is 5.92 Å². The highest BCUT2D eigenvalue weighted by molar-refractivity contribution is 5.82. The van der Waals surface area contributed by atoms with E-state index < -0.39 is 11.5 Å². The number of rotatable bonds is 3. The van der Waals surface area contributed by atoms with Crippen LogP contribution in [-0.4, -0.2) is 35.0 Å². The number of likely N-dealkylation sites (N-methyl/N-ethyl adjacent to an activating group) is 1. The highest BCUT2D eigenvalue weighted by Crippen LogP contribution is 2.56. The van der Waals surface area contributed by atoms with Crippen molar-refractivity contribution < 1.29 is 14.7 Å². The van der Waals surface area contributed by atoms with E-state index in [0.717, 1.165) is 19.3 Å². The average Bonchev–Trinajstić information content (AvgIpc) is 2.94. The van der Waals surface area contributed by atoms with Crippen molar-refractivity contribution in [2.75, 3.05) is 7.05 Å². The maximum Gasteiger partial charge on any atom is 0.329 e. The summed E-state index contributed by atoms with van der Waals surface area (Å²) in [7, 11) is 1.59. The maximum atomic E-state index is 11.3. The molecule has 3 unspecified atom stereocenters. The van der Waals surface area contributed by atoms with E-state index in [2.05, 4.69) is 0 Å². The molecule has 2 aliphatic carbocycles. The number of nitrogens with zero attached hydrogens (tertiary/aromatic N) is 1. The van der Waals surface area contributed by atoms with Crippen molar-refractivity contribution in [2.24, 2.45) is 11.8 Å². The van der Waals surface area contributed by atoms with Gasteiger partial charge in [-0.15, -0.1) is 0 Å². The van der Waals surface area contributed by atoms with Crippen LogP contribution in [0, 0.1) is 11.8 Å². The molecule has 4 nitrogen and oxygen atoms in total. The predicted octanol–water partition coefficient (Wildman–Crippen LogP) is 0.718. The monoisotopic (exact) mass is 197 g/mol. The highest BCUT2D eigenvalue weighted by atomic mass is 16.4. The minimum absolute atomic E-state index is 0.198. The second-order valence-corrected chi connectivity index (χ2v) is 4.44. The van der Waals surface area contributed by atoms with E-state index in [1.807, 2.05) is 0 Å². The molecule has 0 aliphatic heterocycles. The van der Waals surface area contributed by atoms with Gasteiger partial charge < -0.3 is 10.0 Å². The lowest BCUT2D eigenvalue weighted by molar-refractivity contribution is -0.157. The van der Waals surface area contributed by atoms with Crippen LogP contribution in [-0.2, 0) is 9.59 Å². The first-order valence-corrected chi connectivity index (χ1v) is 5.04. The van der Waals surface area contributed by atoms with Gasteiger partial charge in [0.25, 0.3) is 0 Å². The molecule has 2 fully saturated rings. The van der Waals surface area contributed by atoms with Crippen LogP contribution in [0.1, 0.15) is 25.7 Å². The molecule has 2 saturated carbocycles. The number of aliphatic carboxylic acids is 1. The average molecular weight is 197 g/mol. The van der Waals surface area contributed by atoms with Crippen LogP contribution in [0.25, 0.3) is 0 Å². The summed E-state index contributed by atoms with van der Waals surface area (Å²) in [6.07, 6.45) is 4.29. The summed E-state index contributed by atoms with van der Waals surface area (Å²) < 4.78 is 0. The van der Waals surface area contributed by atoms with Gasteiger partial charge in [0.15, 0.2) is 0 Å². The quantitative estimate of drug-likeness (QED) is 0.678. The summed E-state index contributed by atoms with van der Waals surface area (Å²) in [4.78, 5) is 23.4. The van der Waals surface area contributed by atoms with Crippen molar-refractivity contribution in [2.45, 2.75) is 31.2 Å². The zero-order chi connectivity index (χ0) is 10.3. The number of hydrogen-bond donors (Lipinski definition) is 1.